The van der Waals surface area contributed by atoms with Gasteiger partial charge in [0, 0.05) is 0 Å². The lowest BCUT2D eigenvalue weighted by Crippen LogP contribution is -2.21. The van der Waals surface area contributed by atoms with Crippen molar-refractivity contribution in [2.24, 2.45) is 0 Å². The molecule has 0 bridgehead atoms. The Morgan fingerprint density at radius 3 is 1.60 bits per heavy atom. The maximum Gasteiger partial charge on any atom is -0.0101 e. The molecular formula is C15H22. The first-order chi connectivity index (χ1) is 6.93. The summed E-state index contributed by atoms with van der Waals surface area (Å²) in [5.41, 5.74) is 3.83. The fourth-order valence-corrected chi connectivity index (χ4v) is 2.91. The maximum atomic E-state index is 2.38. The van der Waals surface area contributed by atoms with Crippen LogP contribution in [-0.2, 0) is 10.8 Å². The van der Waals surface area contributed by atoms with E-state index < -0.39 is 0 Å². The first kappa shape index (κ1) is 10.7. The molecule has 1 aromatic carbocycles. The number of rotatable bonds is 0. The van der Waals surface area contributed by atoms with Crippen molar-refractivity contribution in [2.45, 2.75) is 57.8 Å². The average Bonchev–Trinajstić information content (AvgIpc) is 2.24. The van der Waals surface area contributed by atoms with Gasteiger partial charge in [-0.1, -0.05) is 58.4 Å². The van der Waals surface area contributed by atoms with E-state index in [4.69, 9.17) is 0 Å². The predicted octanol–water partition coefficient (Wildman–Crippen LogP) is 4.43. The normalized spacial score (nSPS) is 22.9. The molecule has 0 radical (unpaired) electrons. The molecule has 0 unspecified atom stereocenters. The van der Waals surface area contributed by atoms with Gasteiger partial charge in [0.25, 0.3) is 0 Å². The van der Waals surface area contributed by atoms with E-state index in [9.17, 15) is 0 Å². The monoisotopic (exact) mass is 202 g/mol. The van der Waals surface area contributed by atoms with Crippen LogP contribution in [0.2, 0.25) is 0 Å². The molecule has 0 heteroatoms. The Kier molecular flexibility index (Phi) is 2.41. The van der Waals surface area contributed by atoms with Gasteiger partial charge in [-0.3, -0.25) is 0 Å². The molecule has 82 valence electrons. The molecule has 0 heterocycles. The molecule has 1 aliphatic carbocycles. The lowest BCUT2D eigenvalue weighted by Gasteiger charge is -2.29. The quantitative estimate of drug-likeness (QED) is 0.546. The summed E-state index contributed by atoms with van der Waals surface area (Å²) in [5, 5.41) is 0. The summed E-state index contributed by atoms with van der Waals surface area (Å²) >= 11 is 0. The number of benzene rings is 1. The molecule has 0 aliphatic heterocycles. The fourth-order valence-electron chi connectivity index (χ4n) is 2.91. The molecule has 0 saturated heterocycles. The van der Waals surface area contributed by atoms with Gasteiger partial charge in [-0.25, -0.2) is 0 Å². The zero-order chi connectivity index (χ0) is 11.1. The Morgan fingerprint density at radius 2 is 1.20 bits per heavy atom. The van der Waals surface area contributed by atoms with Crippen molar-refractivity contribution in [2.75, 3.05) is 0 Å². The molecule has 15 heavy (non-hydrogen) atoms. The predicted molar refractivity (Wildman–Crippen MR) is 66.3 cm³/mol. The van der Waals surface area contributed by atoms with Gasteiger partial charge in [-0.2, -0.15) is 0 Å². The van der Waals surface area contributed by atoms with Crippen molar-refractivity contribution in [3.05, 3.63) is 35.4 Å². The Balaban J connectivity index is 2.61. The summed E-state index contributed by atoms with van der Waals surface area (Å²) in [5.74, 6) is 0. The standard InChI is InChI=1S/C15H22/c1-14(2)10-7-11-15(3,4)13-9-6-5-8-12(13)14/h5-6,8-9H,7,10-11H2,1-4H3. The Morgan fingerprint density at radius 1 is 0.800 bits per heavy atom. The van der Waals surface area contributed by atoms with Crippen molar-refractivity contribution in [3.8, 4) is 0 Å². The lowest BCUT2D eigenvalue weighted by molar-refractivity contribution is 0.433. The summed E-state index contributed by atoms with van der Waals surface area (Å²) in [7, 11) is 0. The van der Waals surface area contributed by atoms with Crippen LogP contribution in [0, 0.1) is 0 Å². The van der Waals surface area contributed by atoms with Crippen LogP contribution in [-0.4, -0.2) is 0 Å². The average molecular weight is 202 g/mol. The van der Waals surface area contributed by atoms with Crippen molar-refractivity contribution in [3.63, 3.8) is 0 Å². The summed E-state index contributed by atoms with van der Waals surface area (Å²) in [4.78, 5) is 0. The molecule has 0 aromatic heterocycles. The molecule has 0 fully saturated rings. The molecule has 0 spiro atoms. The number of hydrogen-bond donors (Lipinski definition) is 0. The minimum Gasteiger partial charge on any atom is -0.0620 e. The summed E-state index contributed by atoms with van der Waals surface area (Å²) in [6, 6.07) is 9.01. The van der Waals surface area contributed by atoms with Crippen LogP contribution in [0.1, 0.15) is 58.1 Å². The minimum atomic E-state index is 0.352. The fraction of sp³-hybridized carbons (Fsp3) is 0.600. The molecule has 0 N–H and O–H groups in total. The molecule has 1 aliphatic rings. The third-order valence-corrected chi connectivity index (χ3v) is 3.99. The molecule has 0 amide bonds. The van der Waals surface area contributed by atoms with Gasteiger partial charge >= 0.3 is 0 Å². The zero-order valence-corrected chi connectivity index (χ0v) is 10.4. The topological polar surface area (TPSA) is 0 Å². The highest BCUT2D eigenvalue weighted by molar-refractivity contribution is 5.39. The molecule has 0 nitrogen and oxygen atoms in total. The van der Waals surface area contributed by atoms with Crippen molar-refractivity contribution in [1.82, 2.24) is 0 Å². The summed E-state index contributed by atoms with van der Waals surface area (Å²) < 4.78 is 0. The van der Waals surface area contributed by atoms with E-state index in [-0.39, 0.29) is 0 Å². The summed E-state index contributed by atoms with van der Waals surface area (Å²) in [6.07, 6.45) is 3.97. The van der Waals surface area contributed by atoms with Crippen LogP contribution in [0.3, 0.4) is 0 Å². The Labute approximate surface area is 93.7 Å². The highest BCUT2D eigenvalue weighted by atomic mass is 14.4. The first-order valence-electron chi connectivity index (χ1n) is 6.03. The van der Waals surface area contributed by atoms with Crippen LogP contribution < -0.4 is 0 Å². The van der Waals surface area contributed by atoms with Gasteiger partial charge in [0.1, 0.15) is 0 Å². The second-order valence-electron chi connectivity index (χ2n) is 6.17. The van der Waals surface area contributed by atoms with Gasteiger partial charge in [0.15, 0.2) is 0 Å². The summed E-state index contributed by atoms with van der Waals surface area (Å²) in [6.45, 7) is 9.53. The zero-order valence-electron chi connectivity index (χ0n) is 10.4. The van der Waals surface area contributed by atoms with Gasteiger partial charge in [-0.05, 0) is 34.8 Å². The number of fused-ring (bicyclic) bond motifs is 1. The van der Waals surface area contributed by atoms with E-state index in [1.54, 1.807) is 11.1 Å². The van der Waals surface area contributed by atoms with Crippen LogP contribution in [0.25, 0.3) is 0 Å². The largest absolute Gasteiger partial charge is 0.0620 e. The third-order valence-electron chi connectivity index (χ3n) is 3.99. The van der Waals surface area contributed by atoms with Gasteiger partial charge in [0.2, 0.25) is 0 Å². The lowest BCUT2D eigenvalue weighted by atomic mass is 9.75. The third kappa shape index (κ3) is 1.82. The smallest absolute Gasteiger partial charge is 0.0101 e. The molecule has 2 rings (SSSR count). The van der Waals surface area contributed by atoms with Crippen LogP contribution in [0.4, 0.5) is 0 Å². The SMILES string of the molecule is CC1(C)CCCC(C)(C)c2ccccc21. The van der Waals surface area contributed by atoms with Gasteiger partial charge < -0.3 is 0 Å². The van der Waals surface area contributed by atoms with Crippen LogP contribution in [0.15, 0.2) is 24.3 Å². The van der Waals surface area contributed by atoms with Gasteiger partial charge in [0.05, 0.1) is 0 Å². The Bertz CT molecular complexity index is 323. The Hall–Kier alpha value is -0.780. The molecule has 0 saturated carbocycles. The van der Waals surface area contributed by atoms with Crippen LogP contribution in [0.5, 0.6) is 0 Å². The van der Waals surface area contributed by atoms with E-state index in [2.05, 4.69) is 52.0 Å². The van der Waals surface area contributed by atoms with Crippen LogP contribution >= 0.6 is 0 Å². The van der Waals surface area contributed by atoms with E-state index in [0.29, 0.717) is 10.8 Å². The van der Waals surface area contributed by atoms with E-state index >= 15 is 0 Å². The van der Waals surface area contributed by atoms with E-state index in [1.807, 2.05) is 0 Å². The molecule has 1 aromatic rings. The minimum absolute atomic E-state index is 0.352. The molecule has 0 atom stereocenters. The first-order valence-corrected chi connectivity index (χ1v) is 6.03. The second-order valence-corrected chi connectivity index (χ2v) is 6.17. The van der Waals surface area contributed by atoms with E-state index in [1.165, 1.54) is 19.3 Å². The van der Waals surface area contributed by atoms with Gasteiger partial charge in [-0.15, -0.1) is 0 Å². The maximum absolute atomic E-state index is 2.38. The van der Waals surface area contributed by atoms with E-state index in [0.717, 1.165) is 0 Å². The van der Waals surface area contributed by atoms with Crippen molar-refractivity contribution >= 4 is 0 Å². The number of hydrogen-bond acceptors (Lipinski definition) is 0. The highest BCUT2D eigenvalue weighted by Crippen LogP contribution is 2.43. The second kappa shape index (κ2) is 3.37. The van der Waals surface area contributed by atoms with Crippen molar-refractivity contribution < 1.29 is 0 Å². The highest BCUT2D eigenvalue weighted by Gasteiger charge is 2.33. The molecular weight excluding hydrogens is 180 g/mol. The van der Waals surface area contributed by atoms with Crippen molar-refractivity contribution in [1.29, 1.82) is 0 Å².